The fraction of sp³-hybridized carbons (Fsp3) is 0.538. The van der Waals surface area contributed by atoms with Crippen molar-refractivity contribution >= 4 is 22.6 Å². The van der Waals surface area contributed by atoms with Crippen LogP contribution in [0.15, 0.2) is 18.2 Å². The van der Waals surface area contributed by atoms with Crippen LogP contribution in [0.1, 0.15) is 42.9 Å². The zero-order valence-corrected chi connectivity index (χ0v) is 11.2. The van der Waals surface area contributed by atoms with E-state index in [0.29, 0.717) is 0 Å². The van der Waals surface area contributed by atoms with Crippen LogP contribution in [0.25, 0.3) is 0 Å². The zero-order valence-electron chi connectivity index (χ0n) is 9.04. The molecular formula is C13H17IO. The molecule has 0 radical (unpaired) electrons. The molecule has 82 valence electrons. The van der Waals surface area contributed by atoms with Crippen LogP contribution in [0.2, 0.25) is 0 Å². The highest BCUT2D eigenvalue weighted by Gasteiger charge is 2.23. The summed E-state index contributed by atoms with van der Waals surface area (Å²) in [6.07, 6.45) is 4.59. The molecule has 1 unspecified atom stereocenters. The van der Waals surface area contributed by atoms with E-state index in [2.05, 4.69) is 35.6 Å². The topological polar surface area (TPSA) is 20.2 Å². The second-order valence-corrected chi connectivity index (χ2v) is 5.59. The van der Waals surface area contributed by atoms with Crippen LogP contribution in [0.4, 0.5) is 0 Å². The summed E-state index contributed by atoms with van der Waals surface area (Å²) < 4.78 is 1.22. The molecule has 1 atom stereocenters. The van der Waals surface area contributed by atoms with Gasteiger partial charge in [-0.15, -0.1) is 0 Å². The Morgan fingerprint density at radius 2 is 2.20 bits per heavy atom. The van der Waals surface area contributed by atoms with Gasteiger partial charge in [-0.3, -0.25) is 0 Å². The number of benzene rings is 1. The Balaban J connectivity index is 2.02. The summed E-state index contributed by atoms with van der Waals surface area (Å²) in [7, 11) is 0. The van der Waals surface area contributed by atoms with Gasteiger partial charge in [-0.05, 0) is 59.4 Å². The van der Waals surface area contributed by atoms with Crippen molar-refractivity contribution in [1.82, 2.24) is 0 Å². The van der Waals surface area contributed by atoms with Crippen LogP contribution < -0.4 is 0 Å². The Kier molecular flexibility index (Phi) is 3.67. The van der Waals surface area contributed by atoms with E-state index in [4.69, 9.17) is 0 Å². The number of aliphatic hydroxyl groups excluding tert-OH is 1. The minimum Gasteiger partial charge on any atom is -0.388 e. The van der Waals surface area contributed by atoms with E-state index in [1.165, 1.54) is 28.4 Å². The predicted molar refractivity (Wildman–Crippen MR) is 70.8 cm³/mol. The second kappa shape index (κ2) is 4.83. The summed E-state index contributed by atoms with van der Waals surface area (Å²) in [6.45, 7) is 2.10. The number of hydrogen-bond acceptors (Lipinski definition) is 1. The second-order valence-electron chi connectivity index (χ2n) is 4.51. The Bertz CT molecular complexity index is 344. The monoisotopic (exact) mass is 316 g/mol. The summed E-state index contributed by atoms with van der Waals surface area (Å²) in [6, 6.07) is 6.18. The molecule has 0 bridgehead atoms. The highest BCUT2D eigenvalue weighted by Crippen LogP contribution is 2.36. The maximum atomic E-state index is 10.1. The summed E-state index contributed by atoms with van der Waals surface area (Å²) in [5.74, 6) is 0.905. The van der Waals surface area contributed by atoms with Crippen LogP contribution in [-0.4, -0.2) is 5.11 Å². The van der Waals surface area contributed by atoms with Gasteiger partial charge in [0.1, 0.15) is 0 Å². The lowest BCUT2D eigenvalue weighted by Crippen LogP contribution is -2.01. The standard InChI is InChI=1S/C13H17IO/c1-9-3-2-4-11(13(9)14)12(15)8-7-10-5-6-10/h2-4,10,12,15H,5-8H2,1H3. The lowest BCUT2D eigenvalue weighted by atomic mass is 10.0. The van der Waals surface area contributed by atoms with Crippen molar-refractivity contribution in [2.45, 2.75) is 38.7 Å². The maximum Gasteiger partial charge on any atom is 0.0800 e. The van der Waals surface area contributed by atoms with Gasteiger partial charge in [0.25, 0.3) is 0 Å². The molecule has 0 spiro atoms. The lowest BCUT2D eigenvalue weighted by Gasteiger charge is -2.13. The molecule has 1 aliphatic carbocycles. The molecule has 2 heteroatoms. The van der Waals surface area contributed by atoms with Crippen molar-refractivity contribution in [2.75, 3.05) is 0 Å². The fourth-order valence-electron chi connectivity index (χ4n) is 1.88. The fourth-order valence-corrected chi connectivity index (χ4v) is 2.60. The lowest BCUT2D eigenvalue weighted by molar-refractivity contribution is 0.161. The first kappa shape index (κ1) is 11.4. The van der Waals surface area contributed by atoms with Gasteiger partial charge < -0.3 is 5.11 Å². The molecule has 2 rings (SSSR count). The molecule has 15 heavy (non-hydrogen) atoms. The average Bonchev–Trinajstić information content (AvgIpc) is 3.02. The third-order valence-corrected chi connectivity index (χ3v) is 4.60. The van der Waals surface area contributed by atoms with E-state index in [-0.39, 0.29) is 6.10 Å². The summed E-state index contributed by atoms with van der Waals surface area (Å²) >= 11 is 2.33. The largest absolute Gasteiger partial charge is 0.388 e. The third-order valence-electron chi connectivity index (χ3n) is 3.13. The molecular weight excluding hydrogens is 299 g/mol. The third kappa shape index (κ3) is 2.94. The first-order valence-electron chi connectivity index (χ1n) is 5.61. The van der Waals surface area contributed by atoms with Crippen LogP contribution in [-0.2, 0) is 0 Å². The number of hydrogen-bond donors (Lipinski definition) is 1. The number of aryl methyl sites for hydroxylation is 1. The summed E-state index contributed by atoms with van der Waals surface area (Å²) in [4.78, 5) is 0. The van der Waals surface area contributed by atoms with Gasteiger partial charge in [-0.1, -0.05) is 31.0 Å². The SMILES string of the molecule is Cc1cccc(C(O)CCC2CC2)c1I. The molecule has 1 aromatic carbocycles. The van der Waals surface area contributed by atoms with Gasteiger partial charge in [0.05, 0.1) is 6.10 Å². The van der Waals surface area contributed by atoms with Crippen LogP contribution >= 0.6 is 22.6 Å². The Labute approximate surface area is 105 Å². The molecule has 0 saturated heterocycles. The van der Waals surface area contributed by atoms with Gasteiger partial charge in [-0.2, -0.15) is 0 Å². The molecule has 1 fully saturated rings. The van der Waals surface area contributed by atoms with Gasteiger partial charge >= 0.3 is 0 Å². The quantitative estimate of drug-likeness (QED) is 0.837. The van der Waals surface area contributed by atoms with Crippen LogP contribution in [0.3, 0.4) is 0 Å². The summed E-state index contributed by atoms with van der Waals surface area (Å²) in [5, 5.41) is 10.1. The first-order chi connectivity index (χ1) is 7.18. The molecule has 0 amide bonds. The Morgan fingerprint density at radius 1 is 1.47 bits per heavy atom. The predicted octanol–water partition coefficient (Wildman–Crippen LogP) is 3.82. The smallest absolute Gasteiger partial charge is 0.0800 e. The molecule has 1 saturated carbocycles. The van der Waals surface area contributed by atoms with E-state index >= 15 is 0 Å². The van der Waals surface area contributed by atoms with E-state index < -0.39 is 0 Å². The van der Waals surface area contributed by atoms with Crippen molar-refractivity contribution in [2.24, 2.45) is 5.92 Å². The van der Waals surface area contributed by atoms with Gasteiger partial charge in [0, 0.05) is 3.57 Å². The highest BCUT2D eigenvalue weighted by atomic mass is 127. The van der Waals surface area contributed by atoms with Crippen molar-refractivity contribution in [1.29, 1.82) is 0 Å². The van der Waals surface area contributed by atoms with Gasteiger partial charge in [0.15, 0.2) is 0 Å². The van der Waals surface area contributed by atoms with Crippen molar-refractivity contribution in [3.05, 3.63) is 32.9 Å². The van der Waals surface area contributed by atoms with Gasteiger partial charge in [-0.25, -0.2) is 0 Å². The molecule has 1 aliphatic rings. The van der Waals surface area contributed by atoms with Crippen LogP contribution in [0, 0.1) is 16.4 Å². The number of rotatable bonds is 4. The highest BCUT2D eigenvalue weighted by molar-refractivity contribution is 14.1. The normalized spacial score (nSPS) is 17.8. The van der Waals surface area contributed by atoms with E-state index in [1.54, 1.807) is 0 Å². The Morgan fingerprint density at radius 3 is 2.87 bits per heavy atom. The van der Waals surface area contributed by atoms with Crippen molar-refractivity contribution in [3.63, 3.8) is 0 Å². The zero-order chi connectivity index (χ0) is 10.8. The molecule has 1 nitrogen and oxygen atoms in total. The molecule has 1 aromatic rings. The van der Waals surface area contributed by atoms with E-state index in [1.807, 2.05) is 12.1 Å². The van der Waals surface area contributed by atoms with Crippen LogP contribution in [0.5, 0.6) is 0 Å². The van der Waals surface area contributed by atoms with Crippen molar-refractivity contribution in [3.8, 4) is 0 Å². The number of aliphatic hydroxyl groups is 1. The van der Waals surface area contributed by atoms with E-state index in [9.17, 15) is 5.11 Å². The van der Waals surface area contributed by atoms with Crippen molar-refractivity contribution < 1.29 is 5.11 Å². The number of halogens is 1. The molecule has 0 aliphatic heterocycles. The minimum atomic E-state index is -0.266. The Hall–Kier alpha value is -0.0900. The van der Waals surface area contributed by atoms with Gasteiger partial charge in [0.2, 0.25) is 0 Å². The molecule has 1 N–H and O–H groups in total. The van der Waals surface area contributed by atoms with E-state index in [0.717, 1.165) is 17.9 Å². The average molecular weight is 316 g/mol. The molecule has 0 aromatic heterocycles. The molecule has 0 heterocycles. The summed E-state index contributed by atoms with van der Waals surface area (Å²) in [5.41, 5.74) is 2.37. The first-order valence-corrected chi connectivity index (χ1v) is 6.69. The minimum absolute atomic E-state index is 0.266. The maximum absolute atomic E-state index is 10.1.